The Labute approximate surface area is 121 Å². The average molecular weight is 292 g/mol. The number of phenols is 2. The van der Waals surface area contributed by atoms with E-state index in [1.165, 1.54) is 12.1 Å². The minimum absolute atomic E-state index is 0.154. The lowest BCUT2D eigenvalue weighted by Crippen LogP contribution is -2.45. The first-order valence-electron chi connectivity index (χ1n) is 6.56. The molecule has 0 spiro atoms. The lowest BCUT2D eigenvalue weighted by Gasteiger charge is -2.34. The summed E-state index contributed by atoms with van der Waals surface area (Å²) in [5, 5.41) is 42.3. The molecule has 0 bridgehead atoms. The van der Waals surface area contributed by atoms with E-state index in [1.54, 1.807) is 0 Å². The number of aromatic hydroxyl groups is 2. The zero-order valence-corrected chi connectivity index (χ0v) is 11.3. The lowest BCUT2D eigenvalue weighted by molar-refractivity contribution is -0.386. The van der Waals surface area contributed by atoms with E-state index in [-0.39, 0.29) is 12.5 Å². The summed E-state index contributed by atoms with van der Waals surface area (Å²) in [7, 11) is 0. The van der Waals surface area contributed by atoms with Gasteiger partial charge in [0.1, 0.15) is 0 Å². The third-order valence-electron chi connectivity index (χ3n) is 3.55. The largest absolute Gasteiger partial charge is 0.504 e. The van der Waals surface area contributed by atoms with Gasteiger partial charge in [0.15, 0.2) is 5.75 Å². The number of nitrogens with zero attached hydrogens (tertiary/aromatic N) is 3. The second-order valence-corrected chi connectivity index (χ2v) is 4.83. The van der Waals surface area contributed by atoms with Crippen LogP contribution in [0.3, 0.4) is 0 Å². The number of piperazine rings is 1. The van der Waals surface area contributed by atoms with Crippen LogP contribution in [0.15, 0.2) is 12.1 Å². The highest BCUT2D eigenvalue weighted by Crippen LogP contribution is 2.39. The monoisotopic (exact) mass is 292 g/mol. The van der Waals surface area contributed by atoms with E-state index in [0.29, 0.717) is 18.7 Å². The van der Waals surface area contributed by atoms with Crippen molar-refractivity contribution in [3.63, 3.8) is 0 Å². The quantitative estimate of drug-likeness (QED) is 0.427. The smallest absolute Gasteiger partial charge is 0.314 e. The van der Waals surface area contributed by atoms with Gasteiger partial charge in [0.05, 0.1) is 17.4 Å². The molecular weight excluding hydrogens is 276 g/mol. The maximum absolute atomic E-state index is 10.9. The third-order valence-corrected chi connectivity index (χ3v) is 3.55. The first-order chi connectivity index (χ1) is 10.0. The van der Waals surface area contributed by atoms with E-state index in [4.69, 9.17) is 5.26 Å². The van der Waals surface area contributed by atoms with E-state index in [9.17, 15) is 20.3 Å². The van der Waals surface area contributed by atoms with Crippen LogP contribution >= 0.6 is 0 Å². The van der Waals surface area contributed by atoms with Gasteiger partial charge in [-0.05, 0) is 11.6 Å². The minimum Gasteiger partial charge on any atom is -0.504 e. The van der Waals surface area contributed by atoms with Crippen LogP contribution in [0.1, 0.15) is 18.0 Å². The van der Waals surface area contributed by atoms with Crippen LogP contribution < -0.4 is 5.32 Å². The first-order valence-corrected chi connectivity index (χ1v) is 6.56. The normalized spacial score (nSPS) is 17.1. The highest BCUT2D eigenvalue weighted by atomic mass is 16.6. The van der Waals surface area contributed by atoms with Crippen molar-refractivity contribution in [3.05, 3.63) is 27.8 Å². The van der Waals surface area contributed by atoms with Crippen LogP contribution in [0.25, 0.3) is 0 Å². The molecule has 1 atom stereocenters. The highest BCUT2D eigenvalue weighted by molar-refractivity contribution is 5.57. The minimum atomic E-state index is -0.750. The van der Waals surface area contributed by atoms with E-state index in [1.807, 2.05) is 4.90 Å². The molecular formula is C13H16N4O4. The fourth-order valence-electron chi connectivity index (χ4n) is 2.49. The molecule has 112 valence electrons. The molecule has 0 aromatic heterocycles. The number of nitriles is 1. The molecule has 1 saturated heterocycles. The number of nitrogens with one attached hydrogen (secondary N) is 1. The Hall–Kier alpha value is -2.37. The standard InChI is InChI=1S/C13H16N4O4/c14-2-1-10(16-5-3-15-4-6-16)9-7-11(17(20)21)13(19)12(18)8-9/h7-8,10,15,18-19H,1,3-6H2/t10-/m1/s1. The second kappa shape index (κ2) is 6.39. The molecule has 8 nitrogen and oxygen atoms in total. The Morgan fingerprint density at radius 1 is 1.43 bits per heavy atom. The molecule has 1 aliphatic rings. The van der Waals surface area contributed by atoms with Crippen molar-refractivity contribution in [1.82, 2.24) is 10.2 Å². The molecule has 8 heteroatoms. The number of rotatable bonds is 4. The number of phenolic OH excluding ortho intramolecular Hbond substituents is 2. The summed E-state index contributed by atoms with van der Waals surface area (Å²) in [6, 6.07) is 4.23. The molecule has 0 radical (unpaired) electrons. The Morgan fingerprint density at radius 3 is 2.67 bits per heavy atom. The molecule has 2 rings (SSSR count). The fraction of sp³-hybridized carbons (Fsp3) is 0.462. The summed E-state index contributed by atoms with van der Waals surface area (Å²) in [4.78, 5) is 12.2. The maximum atomic E-state index is 10.9. The topological polar surface area (TPSA) is 123 Å². The Bertz CT molecular complexity index is 578. The summed E-state index contributed by atoms with van der Waals surface area (Å²) in [5.41, 5.74) is -0.0940. The summed E-state index contributed by atoms with van der Waals surface area (Å²) in [6.07, 6.45) is 0.154. The molecule has 1 aromatic carbocycles. The summed E-state index contributed by atoms with van der Waals surface area (Å²) < 4.78 is 0. The van der Waals surface area contributed by atoms with Crippen LogP contribution in [-0.2, 0) is 0 Å². The van der Waals surface area contributed by atoms with Crippen LogP contribution in [0.2, 0.25) is 0 Å². The molecule has 1 heterocycles. The molecule has 1 fully saturated rings. The van der Waals surface area contributed by atoms with Gasteiger partial charge < -0.3 is 15.5 Å². The average Bonchev–Trinajstić information content (AvgIpc) is 2.48. The van der Waals surface area contributed by atoms with Crippen molar-refractivity contribution in [1.29, 1.82) is 5.26 Å². The number of nitro groups is 1. The number of benzene rings is 1. The molecule has 0 unspecified atom stereocenters. The summed E-state index contributed by atoms with van der Waals surface area (Å²) in [5.74, 6) is -1.29. The fourth-order valence-corrected chi connectivity index (χ4v) is 2.49. The number of hydrogen-bond acceptors (Lipinski definition) is 7. The molecule has 0 aliphatic carbocycles. The van der Waals surface area contributed by atoms with Crippen LogP contribution in [0, 0.1) is 21.4 Å². The summed E-state index contributed by atoms with van der Waals surface area (Å²) in [6.45, 7) is 2.96. The molecule has 1 aliphatic heterocycles. The molecule has 0 saturated carbocycles. The van der Waals surface area contributed by atoms with Gasteiger partial charge in [0.25, 0.3) is 0 Å². The van der Waals surface area contributed by atoms with Crippen molar-refractivity contribution in [2.24, 2.45) is 0 Å². The van der Waals surface area contributed by atoms with Gasteiger partial charge >= 0.3 is 5.69 Å². The first kappa shape index (κ1) is 15.0. The summed E-state index contributed by atoms with van der Waals surface area (Å²) >= 11 is 0. The third kappa shape index (κ3) is 3.21. The van der Waals surface area contributed by atoms with Gasteiger partial charge in [0.2, 0.25) is 5.75 Å². The second-order valence-electron chi connectivity index (χ2n) is 4.83. The molecule has 3 N–H and O–H groups in total. The maximum Gasteiger partial charge on any atom is 0.314 e. The zero-order valence-electron chi connectivity index (χ0n) is 11.3. The van der Waals surface area contributed by atoms with Crippen LogP contribution in [0.4, 0.5) is 5.69 Å². The van der Waals surface area contributed by atoms with Crippen molar-refractivity contribution in [3.8, 4) is 17.6 Å². The zero-order chi connectivity index (χ0) is 15.4. The van der Waals surface area contributed by atoms with Crippen molar-refractivity contribution in [2.75, 3.05) is 26.2 Å². The Balaban J connectivity index is 2.40. The van der Waals surface area contributed by atoms with Crippen molar-refractivity contribution >= 4 is 5.69 Å². The van der Waals surface area contributed by atoms with Crippen LogP contribution in [0.5, 0.6) is 11.5 Å². The predicted molar refractivity (Wildman–Crippen MR) is 73.8 cm³/mol. The van der Waals surface area contributed by atoms with Gasteiger partial charge in [-0.15, -0.1) is 0 Å². The van der Waals surface area contributed by atoms with E-state index < -0.39 is 22.1 Å². The van der Waals surface area contributed by atoms with Gasteiger partial charge in [-0.2, -0.15) is 5.26 Å². The molecule has 0 amide bonds. The van der Waals surface area contributed by atoms with Gasteiger partial charge in [-0.1, -0.05) is 0 Å². The lowest BCUT2D eigenvalue weighted by atomic mass is 10.00. The van der Waals surface area contributed by atoms with Crippen molar-refractivity contribution < 1.29 is 15.1 Å². The van der Waals surface area contributed by atoms with E-state index >= 15 is 0 Å². The van der Waals surface area contributed by atoms with Crippen molar-refractivity contribution in [2.45, 2.75) is 12.5 Å². The van der Waals surface area contributed by atoms with Crippen LogP contribution in [-0.4, -0.2) is 46.2 Å². The Kier molecular flexibility index (Phi) is 4.57. The van der Waals surface area contributed by atoms with E-state index in [0.717, 1.165) is 13.1 Å². The predicted octanol–water partition coefficient (Wildman–Crippen LogP) is 0.866. The Morgan fingerprint density at radius 2 is 2.10 bits per heavy atom. The van der Waals surface area contributed by atoms with Gasteiger partial charge in [-0.3, -0.25) is 15.0 Å². The number of nitro benzene ring substituents is 1. The molecule has 1 aromatic rings. The molecule has 21 heavy (non-hydrogen) atoms. The number of hydrogen-bond donors (Lipinski definition) is 3. The highest BCUT2D eigenvalue weighted by Gasteiger charge is 2.27. The SMILES string of the molecule is N#CC[C@H](c1cc(O)c(O)c([N+](=O)[O-])c1)N1CCNCC1. The van der Waals surface area contributed by atoms with Gasteiger partial charge in [0, 0.05) is 38.3 Å². The van der Waals surface area contributed by atoms with E-state index in [2.05, 4.69) is 11.4 Å². The van der Waals surface area contributed by atoms with Gasteiger partial charge in [-0.25, -0.2) is 0 Å².